The number of carbonyl (C=O) groups excluding carboxylic acids is 2. The van der Waals surface area contributed by atoms with Crippen molar-refractivity contribution in [2.75, 3.05) is 25.5 Å². The molecule has 6 nitrogen and oxygen atoms in total. The van der Waals surface area contributed by atoms with E-state index in [0.29, 0.717) is 30.3 Å². The molecule has 0 aliphatic carbocycles. The molecule has 0 saturated carbocycles. The SMILES string of the molecule is COC(=O)c1ccccc1NC(=O)N1CCC(c2nc3ccccc3s2)CC1. The zero-order chi connectivity index (χ0) is 19.5. The largest absolute Gasteiger partial charge is 0.465 e. The molecular weight excluding hydrogens is 374 g/mol. The van der Waals surface area contributed by atoms with E-state index in [2.05, 4.69) is 11.4 Å². The fourth-order valence-electron chi connectivity index (χ4n) is 3.47. The number of likely N-dealkylation sites (tertiary alicyclic amines) is 1. The van der Waals surface area contributed by atoms with Gasteiger partial charge in [-0.15, -0.1) is 11.3 Å². The van der Waals surface area contributed by atoms with E-state index in [1.165, 1.54) is 11.8 Å². The lowest BCUT2D eigenvalue weighted by Crippen LogP contribution is -2.40. The Balaban J connectivity index is 1.40. The van der Waals surface area contributed by atoms with Crippen LogP contribution in [0.2, 0.25) is 0 Å². The number of nitrogens with zero attached hydrogens (tertiary/aromatic N) is 2. The molecule has 0 spiro atoms. The molecule has 0 atom stereocenters. The van der Waals surface area contributed by atoms with Crippen molar-refractivity contribution in [2.24, 2.45) is 0 Å². The highest BCUT2D eigenvalue weighted by Crippen LogP contribution is 2.34. The molecule has 0 bridgehead atoms. The van der Waals surface area contributed by atoms with Gasteiger partial charge < -0.3 is 15.0 Å². The molecule has 7 heteroatoms. The van der Waals surface area contributed by atoms with E-state index >= 15 is 0 Å². The number of fused-ring (bicyclic) bond motifs is 1. The zero-order valence-electron chi connectivity index (χ0n) is 15.6. The molecule has 2 heterocycles. The van der Waals surface area contributed by atoms with Crippen LogP contribution >= 0.6 is 11.3 Å². The number of ether oxygens (including phenoxy) is 1. The summed E-state index contributed by atoms with van der Waals surface area (Å²) >= 11 is 1.74. The molecule has 2 amide bonds. The average Bonchev–Trinajstić information content (AvgIpc) is 3.18. The van der Waals surface area contributed by atoms with Crippen LogP contribution in [0.4, 0.5) is 10.5 Å². The average molecular weight is 395 g/mol. The Kier molecular flexibility index (Phi) is 5.25. The summed E-state index contributed by atoms with van der Waals surface area (Å²) in [6.07, 6.45) is 1.76. The maximum Gasteiger partial charge on any atom is 0.339 e. The Labute approximate surface area is 167 Å². The third kappa shape index (κ3) is 3.71. The summed E-state index contributed by atoms with van der Waals surface area (Å²) in [5, 5.41) is 3.99. The molecule has 3 aromatic rings. The highest BCUT2D eigenvalue weighted by atomic mass is 32.1. The number of aromatic nitrogens is 1. The Morgan fingerprint density at radius 3 is 2.57 bits per heavy atom. The van der Waals surface area contributed by atoms with Crippen LogP contribution in [0.5, 0.6) is 0 Å². The number of thiazole rings is 1. The maximum atomic E-state index is 12.7. The van der Waals surface area contributed by atoms with Gasteiger partial charge >= 0.3 is 12.0 Å². The number of anilines is 1. The van der Waals surface area contributed by atoms with Gasteiger partial charge in [-0.3, -0.25) is 0 Å². The second-order valence-corrected chi connectivity index (χ2v) is 7.81. The molecule has 1 aromatic heterocycles. The van der Waals surface area contributed by atoms with E-state index in [1.807, 2.05) is 18.2 Å². The second-order valence-electron chi connectivity index (χ2n) is 6.75. The van der Waals surface area contributed by atoms with Gasteiger partial charge in [-0.25, -0.2) is 14.6 Å². The minimum Gasteiger partial charge on any atom is -0.465 e. The number of para-hydroxylation sites is 2. The Morgan fingerprint density at radius 2 is 1.82 bits per heavy atom. The van der Waals surface area contributed by atoms with Crippen LogP contribution in [0, 0.1) is 0 Å². The van der Waals surface area contributed by atoms with Gasteiger partial charge in [0.1, 0.15) is 0 Å². The van der Waals surface area contributed by atoms with E-state index in [0.717, 1.165) is 23.4 Å². The number of benzene rings is 2. The van der Waals surface area contributed by atoms with Gasteiger partial charge in [-0.05, 0) is 37.1 Å². The molecule has 1 saturated heterocycles. The van der Waals surface area contributed by atoms with Gasteiger partial charge in [0.15, 0.2) is 0 Å². The van der Waals surface area contributed by atoms with E-state index in [4.69, 9.17) is 9.72 Å². The van der Waals surface area contributed by atoms with Crippen LogP contribution in [-0.4, -0.2) is 42.1 Å². The number of carbonyl (C=O) groups is 2. The number of hydrogen-bond donors (Lipinski definition) is 1. The molecule has 2 aromatic carbocycles. The van der Waals surface area contributed by atoms with Crippen molar-refractivity contribution in [1.82, 2.24) is 9.88 Å². The van der Waals surface area contributed by atoms with Gasteiger partial charge in [0.25, 0.3) is 0 Å². The van der Waals surface area contributed by atoms with Crippen molar-refractivity contribution in [3.05, 3.63) is 59.1 Å². The van der Waals surface area contributed by atoms with Gasteiger partial charge in [0.05, 0.1) is 33.6 Å². The number of methoxy groups -OCH3 is 1. The first-order chi connectivity index (χ1) is 13.7. The number of rotatable bonds is 3. The Bertz CT molecular complexity index is 976. The molecule has 1 aliphatic heterocycles. The minimum atomic E-state index is -0.467. The first kappa shape index (κ1) is 18.4. The third-order valence-electron chi connectivity index (χ3n) is 5.02. The lowest BCUT2D eigenvalue weighted by molar-refractivity contribution is 0.0602. The smallest absolute Gasteiger partial charge is 0.339 e. The van der Waals surface area contributed by atoms with Crippen molar-refractivity contribution in [2.45, 2.75) is 18.8 Å². The predicted molar refractivity (Wildman–Crippen MR) is 110 cm³/mol. The first-order valence-electron chi connectivity index (χ1n) is 9.24. The third-order valence-corrected chi connectivity index (χ3v) is 6.21. The molecule has 28 heavy (non-hydrogen) atoms. The molecule has 4 rings (SSSR count). The summed E-state index contributed by atoms with van der Waals surface area (Å²) in [6, 6.07) is 14.8. The number of nitrogens with one attached hydrogen (secondary N) is 1. The Hall–Kier alpha value is -2.93. The monoisotopic (exact) mass is 395 g/mol. The van der Waals surface area contributed by atoms with Crippen LogP contribution in [-0.2, 0) is 4.74 Å². The molecule has 1 aliphatic rings. The van der Waals surface area contributed by atoms with E-state index in [9.17, 15) is 9.59 Å². The normalized spacial score (nSPS) is 14.8. The fourth-order valence-corrected chi connectivity index (χ4v) is 4.61. The van der Waals surface area contributed by atoms with E-state index in [-0.39, 0.29) is 6.03 Å². The molecule has 144 valence electrons. The quantitative estimate of drug-likeness (QED) is 0.663. The molecular formula is C21H21N3O3S. The topological polar surface area (TPSA) is 71.5 Å². The van der Waals surface area contributed by atoms with Crippen molar-refractivity contribution < 1.29 is 14.3 Å². The molecule has 0 unspecified atom stereocenters. The van der Waals surface area contributed by atoms with Crippen molar-refractivity contribution in [1.29, 1.82) is 0 Å². The highest BCUT2D eigenvalue weighted by molar-refractivity contribution is 7.18. The van der Waals surface area contributed by atoms with E-state index < -0.39 is 5.97 Å². The first-order valence-corrected chi connectivity index (χ1v) is 10.1. The summed E-state index contributed by atoms with van der Waals surface area (Å²) in [5.41, 5.74) is 1.86. The van der Waals surface area contributed by atoms with Crippen LogP contribution in [0.25, 0.3) is 10.2 Å². The van der Waals surface area contributed by atoms with Gasteiger partial charge in [0.2, 0.25) is 0 Å². The summed E-state index contributed by atoms with van der Waals surface area (Å²) in [4.78, 5) is 31.1. The number of piperidine rings is 1. The second kappa shape index (κ2) is 7.98. The number of amides is 2. The molecule has 0 radical (unpaired) electrons. The van der Waals surface area contributed by atoms with Crippen LogP contribution in [0.3, 0.4) is 0 Å². The summed E-state index contributed by atoms with van der Waals surface area (Å²) in [7, 11) is 1.33. The zero-order valence-corrected chi connectivity index (χ0v) is 16.4. The lowest BCUT2D eigenvalue weighted by atomic mass is 9.98. The van der Waals surface area contributed by atoms with Gasteiger partial charge in [-0.1, -0.05) is 24.3 Å². The maximum absolute atomic E-state index is 12.7. The Morgan fingerprint density at radius 1 is 1.11 bits per heavy atom. The van der Waals surface area contributed by atoms with Crippen molar-refractivity contribution >= 4 is 39.2 Å². The standard InChI is InChI=1S/C21H21N3O3S/c1-27-20(25)15-6-2-3-7-16(15)23-21(26)24-12-10-14(11-13-24)19-22-17-8-4-5-9-18(17)28-19/h2-9,14H,10-13H2,1H3,(H,23,26). The van der Waals surface area contributed by atoms with Gasteiger partial charge in [-0.2, -0.15) is 0 Å². The van der Waals surface area contributed by atoms with Crippen molar-refractivity contribution in [3.8, 4) is 0 Å². The van der Waals surface area contributed by atoms with Gasteiger partial charge in [0, 0.05) is 19.0 Å². The molecule has 1 fully saturated rings. The number of urea groups is 1. The number of esters is 1. The summed E-state index contributed by atoms with van der Waals surface area (Å²) < 4.78 is 5.99. The summed E-state index contributed by atoms with van der Waals surface area (Å²) in [5.74, 6) is -0.0887. The fraction of sp³-hybridized carbons (Fsp3) is 0.286. The highest BCUT2D eigenvalue weighted by Gasteiger charge is 2.26. The van der Waals surface area contributed by atoms with Crippen LogP contribution < -0.4 is 5.32 Å². The molecule has 1 N–H and O–H groups in total. The predicted octanol–water partition coefficient (Wildman–Crippen LogP) is 4.49. The summed E-state index contributed by atoms with van der Waals surface area (Å²) in [6.45, 7) is 1.32. The minimum absolute atomic E-state index is 0.195. The lowest BCUT2D eigenvalue weighted by Gasteiger charge is -2.31. The number of hydrogen-bond acceptors (Lipinski definition) is 5. The van der Waals surface area contributed by atoms with Crippen molar-refractivity contribution in [3.63, 3.8) is 0 Å². The van der Waals surface area contributed by atoms with E-state index in [1.54, 1.807) is 40.5 Å². The van der Waals surface area contributed by atoms with Crippen LogP contribution in [0.15, 0.2) is 48.5 Å². The van der Waals surface area contributed by atoms with Crippen LogP contribution in [0.1, 0.15) is 34.1 Å².